The van der Waals surface area contributed by atoms with Gasteiger partial charge in [0.15, 0.2) is 11.3 Å². The molecule has 0 radical (unpaired) electrons. The third kappa shape index (κ3) is 1.43. The molecule has 0 unspecified atom stereocenters. The van der Waals surface area contributed by atoms with E-state index in [1.165, 1.54) is 0 Å². The fraction of sp³-hybridized carbons (Fsp3) is 0.0714. The third-order valence-corrected chi connectivity index (χ3v) is 3.17. The molecular formula is C14H11BO2. The van der Waals surface area contributed by atoms with Gasteiger partial charge in [0.2, 0.25) is 0 Å². The maximum Gasteiger partial charge on any atom is 0.357 e. The molecule has 3 rings (SSSR count). The van der Waals surface area contributed by atoms with Crippen LogP contribution in [0.25, 0.3) is 0 Å². The first kappa shape index (κ1) is 10.3. The van der Waals surface area contributed by atoms with Crippen molar-refractivity contribution < 1.29 is 9.45 Å². The van der Waals surface area contributed by atoms with Crippen LogP contribution in [0.2, 0.25) is 0 Å². The molecule has 0 amide bonds. The van der Waals surface area contributed by atoms with Gasteiger partial charge in [0.05, 0.1) is 0 Å². The third-order valence-electron chi connectivity index (χ3n) is 3.17. The fourth-order valence-electron chi connectivity index (χ4n) is 2.28. The van der Waals surface area contributed by atoms with E-state index < -0.39 is 5.60 Å². The molecule has 0 atom stereocenters. The van der Waals surface area contributed by atoms with Gasteiger partial charge in [-0.05, 0) is 11.1 Å². The quantitative estimate of drug-likeness (QED) is 0.724. The summed E-state index contributed by atoms with van der Waals surface area (Å²) in [4.78, 5) is 12.0. The maximum atomic E-state index is 12.0. The summed E-state index contributed by atoms with van der Waals surface area (Å²) in [6, 6.07) is 19.3. The summed E-state index contributed by atoms with van der Waals surface area (Å²) in [6.07, 6.45) is 0. The minimum atomic E-state index is -0.872. The molecule has 1 saturated heterocycles. The molecule has 2 nitrogen and oxygen atoms in total. The van der Waals surface area contributed by atoms with Crippen LogP contribution in [0.1, 0.15) is 11.1 Å². The first-order valence-corrected chi connectivity index (χ1v) is 5.62. The van der Waals surface area contributed by atoms with E-state index in [4.69, 9.17) is 4.65 Å². The number of carbonyl (C=O) groups excluding carboxylic acids is 1. The molecule has 2 aromatic rings. The van der Waals surface area contributed by atoms with Crippen molar-refractivity contribution in [2.45, 2.75) is 5.60 Å². The smallest absolute Gasteiger partial charge is 0.357 e. The molecule has 0 spiro atoms. The lowest BCUT2D eigenvalue weighted by Gasteiger charge is -2.40. The van der Waals surface area contributed by atoms with Crippen LogP contribution in [0.5, 0.6) is 0 Å². The van der Waals surface area contributed by atoms with E-state index in [-0.39, 0.29) is 13.2 Å². The van der Waals surface area contributed by atoms with Crippen LogP contribution in [0.3, 0.4) is 0 Å². The van der Waals surface area contributed by atoms with Gasteiger partial charge in [-0.3, -0.25) is 0 Å². The van der Waals surface area contributed by atoms with Gasteiger partial charge in [-0.1, -0.05) is 60.7 Å². The zero-order valence-electron chi connectivity index (χ0n) is 9.30. The lowest BCUT2D eigenvalue weighted by molar-refractivity contribution is -0.133. The molecule has 17 heavy (non-hydrogen) atoms. The highest BCUT2D eigenvalue weighted by Crippen LogP contribution is 2.39. The zero-order chi connectivity index (χ0) is 11.7. The lowest BCUT2D eigenvalue weighted by atomic mass is 9.64. The maximum absolute atomic E-state index is 12.0. The Labute approximate surface area is 101 Å². The van der Waals surface area contributed by atoms with Crippen molar-refractivity contribution in [3.8, 4) is 0 Å². The summed E-state index contributed by atoms with van der Waals surface area (Å²) in [5.74, 6) is 0. The zero-order valence-corrected chi connectivity index (χ0v) is 9.30. The molecule has 0 aromatic heterocycles. The standard InChI is InChI=1S/C14H11BO2/c16-13-14(17-15-13,11-7-3-1-4-8-11)12-9-5-2-6-10-12/h1-10,15H. The first-order valence-electron chi connectivity index (χ1n) is 5.62. The number of carbonyl (C=O) groups is 1. The van der Waals surface area contributed by atoms with Crippen LogP contribution in [0, 0.1) is 0 Å². The van der Waals surface area contributed by atoms with Crippen LogP contribution >= 0.6 is 0 Å². The second-order valence-corrected chi connectivity index (χ2v) is 4.13. The predicted octanol–water partition coefficient (Wildman–Crippen LogP) is 1.84. The van der Waals surface area contributed by atoms with Crippen LogP contribution < -0.4 is 0 Å². The number of hydrogen-bond donors (Lipinski definition) is 0. The Morgan fingerprint density at radius 3 is 1.59 bits per heavy atom. The van der Waals surface area contributed by atoms with Crippen molar-refractivity contribution in [3.63, 3.8) is 0 Å². The van der Waals surface area contributed by atoms with Crippen LogP contribution in [-0.2, 0) is 15.0 Å². The molecule has 0 N–H and O–H groups in total. The highest BCUT2D eigenvalue weighted by Gasteiger charge is 2.51. The SMILES string of the molecule is O=C1BOC1(c1ccccc1)c1ccccc1. The van der Waals surface area contributed by atoms with E-state index in [0.717, 1.165) is 11.1 Å². The van der Waals surface area contributed by atoms with Gasteiger partial charge in [0.25, 0.3) is 0 Å². The largest absolute Gasteiger partial charge is 0.413 e. The molecule has 1 aliphatic rings. The van der Waals surface area contributed by atoms with Gasteiger partial charge in [0, 0.05) is 0 Å². The average Bonchev–Trinajstić information content (AvgIpc) is 2.40. The summed E-state index contributed by atoms with van der Waals surface area (Å²) >= 11 is 0. The lowest BCUT2D eigenvalue weighted by Crippen LogP contribution is -2.54. The molecule has 0 aliphatic carbocycles. The molecule has 1 fully saturated rings. The highest BCUT2D eigenvalue weighted by molar-refractivity contribution is 6.75. The molecular weight excluding hydrogens is 211 g/mol. The average molecular weight is 222 g/mol. The first-order chi connectivity index (χ1) is 8.34. The van der Waals surface area contributed by atoms with Gasteiger partial charge < -0.3 is 9.45 Å². The summed E-state index contributed by atoms with van der Waals surface area (Å²) in [5.41, 5.74) is 1.06. The normalized spacial score (nSPS) is 17.1. The van der Waals surface area contributed by atoms with E-state index in [9.17, 15) is 4.79 Å². The van der Waals surface area contributed by atoms with E-state index in [1.54, 1.807) is 0 Å². The summed E-state index contributed by atoms with van der Waals surface area (Å²) < 4.78 is 5.65. The van der Waals surface area contributed by atoms with E-state index in [1.807, 2.05) is 60.7 Å². The second-order valence-electron chi connectivity index (χ2n) is 4.13. The van der Waals surface area contributed by atoms with Crippen molar-refractivity contribution >= 4 is 13.2 Å². The van der Waals surface area contributed by atoms with E-state index >= 15 is 0 Å². The Morgan fingerprint density at radius 1 is 0.824 bits per heavy atom. The van der Waals surface area contributed by atoms with Crippen molar-refractivity contribution in [1.29, 1.82) is 0 Å². The predicted molar refractivity (Wildman–Crippen MR) is 66.9 cm³/mol. The van der Waals surface area contributed by atoms with Crippen molar-refractivity contribution in [1.82, 2.24) is 0 Å². The Hall–Kier alpha value is -1.87. The Bertz CT molecular complexity index is 497. The van der Waals surface area contributed by atoms with Crippen molar-refractivity contribution in [2.75, 3.05) is 0 Å². The second kappa shape index (κ2) is 3.86. The van der Waals surface area contributed by atoms with Crippen LogP contribution in [0.4, 0.5) is 0 Å². The van der Waals surface area contributed by atoms with Gasteiger partial charge in [-0.25, -0.2) is 0 Å². The number of benzene rings is 2. The Kier molecular flexibility index (Phi) is 2.34. The summed E-state index contributed by atoms with van der Waals surface area (Å²) in [6.45, 7) is 0. The highest BCUT2D eigenvalue weighted by atomic mass is 16.5. The van der Waals surface area contributed by atoms with Crippen LogP contribution in [-0.4, -0.2) is 13.2 Å². The van der Waals surface area contributed by atoms with Gasteiger partial charge in [0.1, 0.15) is 0 Å². The molecule has 0 bridgehead atoms. The minimum Gasteiger partial charge on any atom is -0.413 e. The monoisotopic (exact) mass is 222 g/mol. The molecule has 1 heterocycles. The van der Waals surface area contributed by atoms with Crippen molar-refractivity contribution in [2.24, 2.45) is 0 Å². The van der Waals surface area contributed by atoms with Gasteiger partial charge >= 0.3 is 7.48 Å². The molecule has 0 saturated carbocycles. The summed E-state index contributed by atoms with van der Waals surface area (Å²) in [7, 11) is 0.198. The van der Waals surface area contributed by atoms with Gasteiger partial charge in [-0.15, -0.1) is 0 Å². The van der Waals surface area contributed by atoms with Gasteiger partial charge in [-0.2, -0.15) is 0 Å². The molecule has 82 valence electrons. The minimum absolute atomic E-state index is 0.120. The van der Waals surface area contributed by atoms with E-state index in [0.29, 0.717) is 0 Å². The molecule has 3 heteroatoms. The summed E-state index contributed by atoms with van der Waals surface area (Å²) in [5, 5.41) is 0. The molecule has 1 aliphatic heterocycles. The number of hydrogen-bond acceptors (Lipinski definition) is 2. The number of rotatable bonds is 2. The Balaban J connectivity index is 2.16. The van der Waals surface area contributed by atoms with E-state index in [2.05, 4.69) is 0 Å². The topological polar surface area (TPSA) is 26.3 Å². The van der Waals surface area contributed by atoms with Crippen LogP contribution in [0.15, 0.2) is 60.7 Å². The molecule has 2 aromatic carbocycles. The fourth-order valence-corrected chi connectivity index (χ4v) is 2.28. The Morgan fingerprint density at radius 2 is 1.29 bits per heavy atom. The van der Waals surface area contributed by atoms with Crippen molar-refractivity contribution in [3.05, 3.63) is 71.8 Å².